The Morgan fingerprint density at radius 3 is 2.41 bits per heavy atom. The molecule has 6 nitrogen and oxygen atoms in total. The summed E-state index contributed by atoms with van der Waals surface area (Å²) in [5, 5.41) is 15.4. The molecule has 1 N–H and O–H groups in total. The number of ether oxygens (including phenoxy) is 2. The van der Waals surface area contributed by atoms with Gasteiger partial charge in [-0.05, 0) is 65.8 Å². The van der Waals surface area contributed by atoms with E-state index in [1.807, 2.05) is 58.0 Å². The third-order valence-electron chi connectivity index (χ3n) is 5.39. The number of rotatable bonds is 10. The molecule has 0 bridgehead atoms. The molecule has 1 heterocycles. The lowest BCUT2D eigenvalue weighted by atomic mass is 10.1. The average Bonchev–Trinajstić information content (AvgIpc) is 3.07. The number of nitrogens with zero attached hydrogens (tertiary/aromatic N) is 3. The van der Waals surface area contributed by atoms with E-state index >= 15 is 0 Å². The number of aryl methyl sites for hydroxylation is 1. The van der Waals surface area contributed by atoms with Gasteiger partial charge < -0.3 is 14.6 Å². The van der Waals surface area contributed by atoms with E-state index in [0.717, 1.165) is 16.9 Å². The van der Waals surface area contributed by atoms with Crippen LogP contribution in [0, 0.1) is 12.7 Å². The predicted molar refractivity (Wildman–Crippen MR) is 132 cm³/mol. The molecular weight excluding hydrogens is 433 g/mol. The van der Waals surface area contributed by atoms with Crippen molar-refractivity contribution < 1.29 is 19.0 Å². The van der Waals surface area contributed by atoms with Crippen molar-refractivity contribution in [3.63, 3.8) is 0 Å². The fourth-order valence-electron chi connectivity index (χ4n) is 3.54. The number of benzene rings is 2. The van der Waals surface area contributed by atoms with Crippen molar-refractivity contribution in [3.8, 4) is 17.3 Å². The molecule has 34 heavy (non-hydrogen) atoms. The van der Waals surface area contributed by atoms with E-state index < -0.39 is 6.10 Å². The van der Waals surface area contributed by atoms with Crippen molar-refractivity contribution in [2.75, 3.05) is 13.2 Å². The molecular formula is C27H36FN3O3. The summed E-state index contributed by atoms with van der Waals surface area (Å²) in [7, 11) is 0. The van der Waals surface area contributed by atoms with Crippen molar-refractivity contribution in [3.05, 3.63) is 71.7 Å². The zero-order chi connectivity index (χ0) is 24.9. The van der Waals surface area contributed by atoms with Crippen LogP contribution in [0.4, 0.5) is 4.39 Å². The van der Waals surface area contributed by atoms with Crippen LogP contribution in [0.25, 0.3) is 5.69 Å². The van der Waals surface area contributed by atoms with Crippen LogP contribution in [0.1, 0.15) is 45.9 Å². The van der Waals surface area contributed by atoms with Gasteiger partial charge in [-0.3, -0.25) is 4.90 Å². The van der Waals surface area contributed by atoms with Crippen LogP contribution in [0.15, 0.2) is 54.6 Å². The highest BCUT2D eigenvalue weighted by Gasteiger charge is 2.24. The Morgan fingerprint density at radius 1 is 1.09 bits per heavy atom. The summed E-state index contributed by atoms with van der Waals surface area (Å²) in [6, 6.07) is 15.9. The summed E-state index contributed by atoms with van der Waals surface area (Å²) >= 11 is 0. The highest BCUT2D eigenvalue weighted by Crippen LogP contribution is 2.32. The number of hydrogen-bond acceptors (Lipinski definition) is 5. The summed E-state index contributed by atoms with van der Waals surface area (Å²) in [5.74, 6) is 0.556. The lowest BCUT2D eigenvalue weighted by Crippen LogP contribution is -2.40. The van der Waals surface area contributed by atoms with E-state index in [-0.39, 0.29) is 24.1 Å². The smallest absolute Gasteiger partial charge is 0.227 e. The Balaban J connectivity index is 1.93. The molecule has 1 atom stereocenters. The van der Waals surface area contributed by atoms with Gasteiger partial charge in [0, 0.05) is 25.2 Å². The SMILES string of the molecule is Cc1nn(-c2ccccc2)c(Oc2cccc(F)c2)c1CN(C[C@@H](O)COC(C)(C)C)C(C)C. The van der Waals surface area contributed by atoms with Crippen molar-refractivity contribution in [2.45, 2.75) is 65.8 Å². The summed E-state index contributed by atoms with van der Waals surface area (Å²) in [5.41, 5.74) is 2.22. The maximum atomic E-state index is 13.9. The van der Waals surface area contributed by atoms with E-state index in [4.69, 9.17) is 14.6 Å². The van der Waals surface area contributed by atoms with Crippen LogP contribution in [-0.4, -0.2) is 50.7 Å². The normalized spacial score (nSPS) is 13.0. The highest BCUT2D eigenvalue weighted by atomic mass is 19.1. The van der Waals surface area contributed by atoms with Crippen molar-refractivity contribution in [1.29, 1.82) is 0 Å². The minimum Gasteiger partial charge on any atom is -0.438 e. The molecule has 0 aliphatic carbocycles. The van der Waals surface area contributed by atoms with Crippen molar-refractivity contribution >= 4 is 0 Å². The fourth-order valence-corrected chi connectivity index (χ4v) is 3.54. The van der Waals surface area contributed by atoms with Gasteiger partial charge in [0.05, 0.1) is 35.3 Å². The second-order valence-electron chi connectivity index (χ2n) is 9.78. The first-order chi connectivity index (χ1) is 16.0. The van der Waals surface area contributed by atoms with Gasteiger partial charge in [-0.1, -0.05) is 24.3 Å². The van der Waals surface area contributed by atoms with E-state index in [2.05, 4.69) is 18.7 Å². The standard InChI is InChI=1S/C27H36FN3O3/c1-19(2)30(16-23(32)18-33-27(4,5)6)17-25-20(3)29-31(22-12-8-7-9-13-22)26(25)34-24-14-10-11-21(28)15-24/h7-15,19,23,32H,16-18H2,1-6H3/t23-/m1/s1. The number of halogens is 1. The van der Waals surface area contributed by atoms with Gasteiger partial charge in [-0.2, -0.15) is 5.10 Å². The van der Waals surface area contributed by atoms with Gasteiger partial charge in [0.2, 0.25) is 5.88 Å². The predicted octanol–water partition coefficient (Wildman–Crippen LogP) is 5.50. The average molecular weight is 470 g/mol. The van der Waals surface area contributed by atoms with Gasteiger partial charge >= 0.3 is 0 Å². The van der Waals surface area contributed by atoms with Crippen molar-refractivity contribution in [1.82, 2.24) is 14.7 Å². The minimum atomic E-state index is -0.640. The van der Waals surface area contributed by atoms with E-state index in [1.54, 1.807) is 16.8 Å². The summed E-state index contributed by atoms with van der Waals surface area (Å²) in [6.45, 7) is 13.2. The quantitative estimate of drug-likeness (QED) is 0.425. The van der Waals surface area contributed by atoms with Crippen LogP contribution in [-0.2, 0) is 11.3 Å². The number of aliphatic hydroxyl groups is 1. The molecule has 0 amide bonds. The van der Waals surface area contributed by atoms with Crippen molar-refractivity contribution in [2.24, 2.45) is 0 Å². The van der Waals surface area contributed by atoms with Crippen LogP contribution in [0.3, 0.4) is 0 Å². The Kier molecular flexibility index (Phi) is 8.47. The van der Waals surface area contributed by atoms with E-state index in [9.17, 15) is 9.50 Å². The Hall–Kier alpha value is -2.74. The Labute approximate surface area is 201 Å². The van der Waals surface area contributed by atoms with Gasteiger partial charge in [0.25, 0.3) is 0 Å². The van der Waals surface area contributed by atoms with Gasteiger partial charge in [-0.25, -0.2) is 9.07 Å². The molecule has 0 aliphatic rings. The van der Waals surface area contributed by atoms with Crippen LogP contribution < -0.4 is 4.74 Å². The second-order valence-corrected chi connectivity index (χ2v) is 9.78. The van der Waals surface area contributed by atoms with Crippen LogP contribution in [0.5, 0.6) is 11.6 Å². The number of aromatic nitrogens is 2. The number of para-hydroxylation sites is 1. The number of hydrogen-bond donors (Lipinski definition) is 1. The van der Waals surface area contributed by atoms with Gasteiger partial charge in [0.15, 0.2) is 0 Å². The van der Waals surface area contributed by atoms with E-state index in [0.29, 0.717) is 24.7 Å². The molecule has 0 spiro atoms. The highest BCUT2D eigenvalue weighted by molar-refractivity contribution is 5.43. The molecule has 0 aliphatic heterocycles. The molecule has 1 aromatic heterocycles. The molecule has 0 radical (unpaired) electrons. The summed E-state index contributed by atoms with van der Waals surface area (Å²) in [4.78, 5) is 2.16. The largest absolute Gasteiger partial charge is 0.438 e. The van der Waals surface area contributed by atoms with E-state index in [1.165, 1.54) is 12.1 Å². The van der Waals surface area contributed by atoms with Crippen LogP contribution >= 0.6 is 0 Å². The first-order valence-corrected chi connectivity index (χ1v) is 11.7. The first kappa shape index (κ1) is 25.9. The fraction of sp³-hybridized carbons (Fsp3) is 0.444. The van der Waals surface area contributed by atoms with Crippen LogP contribution in [0.2, 0.25) is 0 Å². The molecule has 0 saturated heterocycles. The first-order valence-electron chi connectivity index (χ1n) is 11.7. The third kappa shape index (κ3) is 7.13. The monoisotopic (exact) mass is 469 g/mol. The Bertz CT molecular complexity index is 1060. The zero-order valence-corrected chi connectivity index (χ0v) is 21.0. The molecule has 7 heteroatoms. The molecule has 3 rings (SSSR count). The zero-order valence-electron chi connectivity index (χ0n) is 21.0. The lowest BCUT2D eigenvalue weighted by molar-refractivity contribution is -0.0587. The van der Waals surface area contributed by atoms with Gasteiger partial charge in [0.1, 0.15) is 11.6 Å². The molecule has 184 valence electrons. The Morgan fingerprint density at radius 2 is 1.79 bits per heavy atom. The molecule has 0 unspecified atom stereocenters. The minimum absolute atomic E-state index is 0.158. The molecule has 2 aromatic carbocycles. The summed E-state index contributed by atoms with van der Waals surface area (Å²) in [6.07, 6.45) is -0.640. The molecule has 3 aromatic rings. The van der Waals surface area contributed by atoms with Gasteiger partial charge in [-0.15, -0.1) is 0 Å². The summed E-state index contributed by atoms with van der Waals surface area (Å²) < 4.78 is 27.6. The third-order valence-corrected chi connectivity index (χ3v) is 5.39. The second kappa shape index (κ2) is 11.1. The molecule has 0 saturated carbocycles. The maximum Gasteiger partial charge on any atom is 0.227 e. The maximum absolute atomic E-state index is 13.9. The molecule has 0 fully saturated rings. The number of aliphatic hydroxyl groups excluding tert-OH is 1. The topological polar surface area (TPSA) is 59.8 Å². The lowest BCUT2D eigenvalue weighted by Gasteiger charge is -2.30.